The molecule has 0 aliphatic rings. The van der Waals surface area contributed by atoms with Crippen LogP contribution in [-0.4, -0.2) is 25.2 Å². The number of hydrogen-bond donors (Lipinski definition) is 2. The lowest BCUT2D eigenvalue weighted by molar-refractivity contribution is 0.568. The van der Waals surface area contributed by atoms with Gasteiger partial charge in [0.05, 0.1) is 10.2 Å². The van der Waals surface area contributed by atoms with Crippen molar-refractivity contribution < 1.29 is 8.42 Å². The van der Waals surface area contributed by atoms with Crippen LogP contribution in [0, 0.1) is 0 Å². The molecule has 0 rings (SSSR count). The van der Waals surface area contributed by atoms with Crippen LogP contribution in [0.25, 0.3) is 0 Å². The van der Waals surface area contributed by atoms with E-state index < -0.39 is 10.0 Å². The first kappa shape index (κ1) is 13.8. The average Bonchev–Trinajstić information content (AvgIpc) is 2.02. The van der Waals surface area contributed by atoms with Crippen LogP contribution in [0.15, 0.2) is 0 Å². The van der Waals surface area contributed by atoms with Crippen molar-refractivity contribution in [2.75, 3.05) is 6.54 Å². The highest BCUT2D eigenvalue weighted by Crippen LogP contribution is 1.98. The summed E-state index contributed by atoms with van der Waals surface area (Å²) >= 11 is 4.70. The van der Waals surface area contributed by atoms with E-state index in [0.717, 1.165) is 12.8 Å². The third-order valence-corrected chi connectivity index (χ3v) is 3.83. The van der Waals surface area contributed by atoms with Gasteiger partial charge in [-0.05, 0) is 33.1 Å². The first-order valence-corrected chi connectivity index (χ1v) is 6.58. The number of sulfonamides is 1. The molecule has 0 atom stereocenters. The van der Waals surface area contributed by atoms with Gasteiger partial charge in [0.1, 0.15) is 0 Å². The van der Waals surface area contributed by atoms with Crippen LogP contribution in [0.3, 0.4) is 0 Å². The second-order valence-corrected chi connectivity index (χ2v) is 6.26. The van der Waals surface area contributed by atoms with E-state index in [1.54, 1.807) is 13.8 Å². The molecule has 0 amide bonds. The molecule has 6 heteroatoms. The van der Waals surface area contributed by atoms with E-state index in [-0.39, 0.29) is 5.25 Å². The Morgan fingerprint density at radius 3 is 2.43 bits per heavy atom. The maximum absolute atomic E-state index is 11.3. The standard InChI is InChI=1S/C8H18N2O2S2/c1-7(2)14(11,12)10-6-4-3-5-8(9)13/h7,10H,3-6H2,1-2H3,(H2,9,13). The Kier molecular flexibility index (Phi) is 6.22. The minimum absolute atomic E-state index is 0.377. The number of hydrogen-bond acceptors (Lipinski definition) is 3. The quantitative estimate of drug-likeness (QED) is 0.507. The Morgan fingerprint density at radius 1 is 1.43 bits per heavy atom. The lowest BCUT2D eigenvalue weighted by atomic mass is 10.2. The topological polar surface area (TPSA) is 72.2 Å². The molecule has 0 radical (unpaired) electrons. The summed E-state index contributed by atoms with van der Waals surface area (Å²) < 4.78 is 25.1. The van der Waals surface area contributed by atoms with Crippen LogP contribution in [0.5, 0.6) is 0 Å². The maximum Gasteiger partial charge on any atom is 0.213 e. The van der Waals surface area contributed by atoms with Crippen molar-refractivity contribution in [3.8, 4) is 0 Å². The fourth-order valence-electron chi connectivity index (χ4n) is 0.805. The van der Waals surface area contributed by atoms with Gasteiger partial charge in [-0.15, -0.1) is 0 Å². The van der Waals surface area contributed by atoms with Gasteiger partial charge in [0, 0.05) is 6.54 Å². The molecule has 0 fully saturated rings. The minimum Gasteiger partial charge on any atom is -0.393 e. The molecule has 0 aliphatic carbocycles. The Morgan fingerprint density at radius 2 is 2.00 bits per heavy atom. The van der Waals surface area contributed by atoms with Gasteiger partial charge in [0.25, 0.3) is 0 Å². The van der Waals surface area contributed by atoms with Gasteiger partial charge < -0.3 is 5.73 Å². The van der Waals surface area contributed by atoms with Crippen molar-refractivity contribution in [2.45, 2.75) is 38.4 Å². The first-order chi connectivity index (χ1) is 6.36. The number of unbranched alkanes of at least 4 members (excludes halogenated alkanes) is 1. The summed E-state index contributed by atoms with van der Waals surface area (Å²) in [6.45, 7) is 3.76. The normalized spacial score (nSPS) is 11.9. The summed E-state index contributed by atoms with van der Waals surface area (Å²) in [6, 6.07) is 0. The van der Waals surface area contributed by atoms with Crippen LogP contribution in [0.4, 0.5) is 0 Å². The molecule has 0 bridgehead atoms. The number of rotatable bonds is 7. The van der Waals surface area contributed by atoms with Crippen LogP contribution < -0.4 is 10.5 Å². The van der Waals surface area contributed by atoms with Crippen molar-refractivity contribution in [2.24, 2.45) is 5.73 Å². The zero-order valence-electron chi connectivity index (χ0n) is 8.62. The summed E-state index contributed by atoms with van der Waals surface area (Å²) in [7, 11) is -3.11. The van der Waals surface area contributed by atoms with Gasteiger partial charge >= 0.3 is 0 Å². The zero-order valence-corrected chi connectivity index (χ0v) is 10.2. The highest BCUT2D eigenvalue weighted by molar-refractivity contribution is 7.90. The van der Waals surface area contributed by atoms with Crippen molar-refractivity contribution in [3.63, 3.8) is 0 Å². The summed E-state index contributed by atoms with van der Waals surface area (Å²) in [4.78, 5) is 0.483. The van der Waals surface area contributed by atoms with E-state index in [1.165, 1.54) is 0 Å². The van der Waals surface area contributed by atoms with Gasteiger partial charge in [-0.25, -0.2) is 13.1 Å². The van der Waals surface area contributed by atoms with E-state index in [1.807, 2.05) is 0 Å². The molecule has 14 heavy (non-hydrogen) atoms. The third kappa shape index (κ3) is 6.28. The molecular formula is C8H18N2O2S2. The Bertz CT molecular complexity index is 273. The molecular weight excluding hydrogens is 220 g/mol. The molecule has 4 nitrogen and oxygen atoms in total. The summed E-state index contributed by atoms with van der Waals surface area (Å²) in [5.41, 5.74) is 5.30. The molecule has 0 saturated heterocycles. The van der Waals surface area contributed by atoms with Gasteiger partial charge in [0.15, 0.2) is 0 Å². The van der Waals surface area contributed by atoms with Crippen LogP contribution in [0.2, 0.25) is 0 Å². The van der Waals surface area contributed by atoms with Gasteiger partial charge in [-0.1, -0.05) is 12.2 Å². The summed E-state index contributed by atoms with van der Waals surface area (Å²) in [5, 5.41) is -0.377. The van der Waals surface area contributed by atoms with Crippen LogP contribution in [-0.2, 0) is 10.0 Å². The van der Waals surface area contributed by atoms with E-state index in [4.69, 9.17) is 18.0 Å². The summed E-state index contributed by atoms with van der Waals surface area (Å²) in [6.07, 6.45) is 2.28. The highest BCUT2D eigenvalue weighted by Gasteiger charge is 2.13. The lowest BCUT2D eigenvalue weighted by Crippen LogP contribution is -2.31. The molecule has 84 valence electrons. The second-order valence-electron chi connectivity index (χ2n) is 3.41. The SMILES string of the molecule is CC(C)S(=O)(=O)NCCCCC(N)=S. The van der Waals surface area contributed by atoms with Gasteiger partial charge in [0.2, 0.25) is 10.0 Å². The van der Waals surface area contributed by atoms with E-state index in [2.05, 4.69) is 4.72 Å². The van der Waals surface area contributed by atoms with Crippen LogP contribution >= 0.6 is 12.2 Å². The third-order valence-electron chi connectivity index (χ3n) is 1.77. The molecule has 3 N–H and O–H groups in total. The molecule has 0 aromatic heterocycles. The fourth-order valence-corrected chi connectivity index (χ4v) is 1.71. The minimum atomic E-state index is -3.11. The maximum atomic E-state index is 11.3. The zero-order chi connectivity index (χ0) is 11.2. The monoisotopic (exact) mass is 238 g/mol. The van der Waals surface area contributed by atoms with Crippen molar-refractivity contribution in [1.82, 2.24) is 4.72 Å². The molecule has 0 spiro atoms. The molecule has 0 aliphatic heterocycles. The van der Waals surface area contributed by atoms with Crippen molar-refractivity contribution in [3.05, 3.63) is 0 Å². The van der Waals surface area contributed by atoms with E-state index in [9.17, 15) is 8.42 Å². The predicted octanol–water partition coefficient (Wildman–Crippen LogP) is 0.771. The molecule has 0 unspecified atom stereocenters. The Hall–Kier alpha value is -0.200. The summed E-state index contributed by atoms with van der Waals surface area (Å²) in [5.74, 6) is 0. The predicted molar refractivity (Wildman–Crippen MR) is 62.7 cm³/mol. The number of thiocarbonyl (C=S) groups is 1. The highest BCUT2D eigenvalue weighted by atomic mass is 32.2. The molecule has 0 saturated carbocycles. The average molecular weight is 238 g/mol. The Labute approximate surface area is 91.3 Å². The molecule has 0 aromatic rings. The Balaban J connectivity index is 3.60. The molecule has 0 heterocycles. The lowest BCUT2D eigenvalue weighted by Gasteiger charge is -2.08. The smallest absolute Gasteiger partial charge is 0.213 e. The largest absolute Gasteiger partial charge is 0.393 e. The van der Waals surface area contributed by atoms with Gasteiger partial charge in [-0.3, -0.25) is 0 Å². The number of nitrogens with one attached hydrogen (secondary N) is 1. The van der Waals surface area contributed by atoms with E-state index in [0.29, 0.717) is 18.0 Å². The number of nitrogens with two attached hydrogens (primary N) is 1. The van der Waals surface area contributed by atoms with Crippen molar-refractivity contribution in [1.29, 1.82) is 0 Å². The van der Waals surface area contributed by atoms with Crippen LogP contribution in [0.1, 0.15) is 33.1 Å². The van der Waals surface area contributed by atoms with Crippen molar-refractivity contribution >= 4 is 27.2 Å². The van der Waals surface area contributed by atoms with Gasteiger partial charge in [-0.2, -0.15) is 0 Å². The second kappa shape index (κ2) is 6.31. The first-order valence-electron chi connectivity index (χ1n) is 4.63. The molecule has 0 aromatic carbocycles. The van der Waals surface area contributed by atoms with E-state index >= 15 is 0 Å². The fraction of sp³-hybridized carbons (Fsp3) is 0.875.